The third kappa shape index (κ3) is 5.21. The molecule has 6 nitrogen and oxygen atoms in total. The van der Waals surface area contributed by atoms with Crippen LogP contribution >= 0.6 is 11.3 Å². The number of aryl methyl sites for hydroxylation is 1. The van der Waals surface area contributed by atoms with Crippen molar-refractivity contribution in [2.24, 2.45) is 0 Å². The zero-order valence-electron chi connectivity index (χ0n) is 16.6. The van der Waals surface area contributed by atoms with Crippen molar-refractivity contribution in [3.8, 4) is 0 Å². The second-order valence-corrected chi connectivity index (χ2v) is 9.77. The molecular formula is C21H23N3O3S2. The van der Waals surface area contributed by atoms with E-state index in [9.17, 15) is 13.2 Å². The van der Waals surface area contributed by atoms with Gasteiger partial charge >= 0.3 is 0 Å². The van der Waals surface area contributed by atoms with Gasteiger partial charge in [-0.2, -0.15) is 0 Å². The minimum absolute atomic E-state index is 0.166. The lowest BCUT2D eigenvalue weighted by Gasteiger charge is -2.23. The first-order valence-corrected chi connectivity index (χ1v) is 11.7. The van der Waals surface area contributed by atoms with Gasteiger partial charge in [0, 0.05) is 20.1 Å². The molecule has 0 saturated carbocycles. The van der Waals surface area contributed by atoms with Crippen molar-refractivity contribution in [2.75, 3.05) is 17.6 Å². The summed E-state index contributed by atoms with van der Waals surface area (Å²) < 4.78 is 24.8. The highest BCUT2D eigenvalue weighted by molar-refractivity contribution is 7.92. The molecule has 1 aromatic heterocycles. The van der Waals surface area contributed by atoms with Crippen molar-refractivity contribution < 1.29 is 13.2 Å². The van der Waals surface area contributed by atoms with Gasteiger partial charge in [-0.1, -0.05) is 72.0 Å². The number of nitrogens with zero attached hydrogens (tertiary/aromatic N) is 3. The van der Waals surface area contributed by atoms with Gasteiger partial charge in [-0.15, -0.1) is 0 Å². The summed E-state index contributed by atoms with van der Waals surface area (Å²) in [7, 11) is -2.01. The molecule has 29 heavy (non-hydrogen) atoms. The Balaban J connectivity index is 1.93. The van der Waals surface area contributed by atoms with E-state index in [0.29, 0.717) is 23.7 Å². The van der Waals surface area contributed by atoms with Crippen LogP contribution in [-0.4, -0.2) is 37.5 Å². The highest BCUT2D eigenvalue weighted by Crippen LogP contribution is 2.28. The highest BCUT2D eigenvalue weighted by Gasteiger charge is 2.25. The van der Waals surface area contributed by atoms with E-state index in [2.05, 4.69) is 4.98 Å². The maximum absolute atomic E-state index is 13.4. The number of anilines is 1. The van der Waals surface area contributed by atoms with E-state index in [1.807, 2.05) is 60.7 Å². The van der Waals surface area contributed by atoms with Crippen LogP contribution in [0.2, 0.25) is 0 Å². The molecule has 3 rings (SSSR count). The molecule has 0 spiro atoms. The monoisotopic (exact) mass is 429 g/mol. The van der Waals surface area contributed by atoms with Crippen LogP contribution in [0.1, 0.15) is 26.5 Å². The number of rotatable bonds is 7. The summed E-state index contributed by atoms with van der Waals surface area (Å²) in [6, 6.07) is 19.6. The fourth-order valence-electron chi connectivity index (χ4n) is 2.81. The van der Waals surface area contributed by atoms with Gasteiger partial charge in [0.1, 0.15) is 4.88 Å². The van der Waals surface area contributed by atoms with Gasteiger partial charge in [-0.3, -0.25) is 4.79 Å². The van der Waals surface area contributed by atoms with E-state index in [1.165, 1.54) is 7.05 Å². The van der Waals surface area contributed by atoms with Crippen LogP contribution < -0.4 is 4.31 Å². The Labute approximate surface area is 175 Å². The molecule has 0 bridgehead atoms. The van der Waals surface area contributed by atoms with Gasteiger partial charge in [-0.05, 0) is 18.1 Å². The average molecular weight is 430 g/mol. The predicted molar refractivity (Wildman–Crippen MR) is 117 cm³/mol. The van der Waals surface area contributed by atoms with Crippen LogP contribution in [0, 0.1) is 6.92 Å². The third-order valence-corrected chi connectivity index (χ3v) is 6.97. The van der Waals surface area contributed by atoms with Crippen LogP contribution in [0.25, 0.3) is 0 Å². The van der Waals surface area contributed by atoms with Crippen molar-refractivity contribution in [2.45, 2.75) is 20.0 Å². The van der Waals surface area contributed by atoms with E-state index in [-0.39, 0.29) is 11.0 Å². The molecule has 0 saturated heterocycles. The van der Waals surface area contributed by atoms with Crippen LogP contribution in [0.4, 0.5) is 5.13 Å². The van der Waals surface area contributed by atoms with Crippen molar-refractivity contribution >= 4 is 32.4 Å². The predicted octanol–water partition coefficient (Wildman–Crippen LogP) is 3.69. The number of hydrogen-bond acceptors (Lipinski definition) is 5. The maximum atomic E-state index is 13.4. The number of carbonyl (C=O) groups excluding carboxylic acids is 1. The standard InChI is InChI=1S/C21H23N3O3S2/c1-16-19(28-21(22-16)23(2)29(3,26)27)20(25)24(14-17-10-6-4-7-11-17)15-18-12-8-5-9-13-18/h4-13H,14-15H2,1-3H3. The Kier molecular flexibility index (Phi) is 6.34. The second-order valence-electron chi connectivity index (χ2n) is 6.77. The van der Waals surface area contributed by atoms with Crippen LogP contribution in [-0.2, 0) is 23.1 Å². The topological polar surface area (TPSA) is 70.6 Å². The molecular weight excluding hydrogens is 406 g/mol. The molecule has 0 N–H and O–H groups in total. The quantitative estimate of drug-likeness (QED) is 0.574. The van der Waals surface area contributed by atoms with Gasteiger partial charge in [0.15, 0.2) is 5.13 Å². The molecule has 1 amide bonds. The van der Waals surface area contributed by atoms with Gasteiger partial charge < -0.3 is 4.90 Å². The van der Waals surface area contributed by atoms with Gasteiger partial charge in [0.2, 0.25) is 10.0 Å². The lowest BCUT2D eigenvalue weighted by atomic mass is 10.1. The fraction of sp³-hybridized carbons (Fsp3) is 0.238. The van der Waals surface area contributed by atoms with Crippen molar-refractivity contribution in [1.29, 1.82) is 0 Å². The first-order valence-electron chi connectivity index (χ1n) is 9.04. The molecule has 1 heterocycles. The third-order valence-electron chi connectivity index (χ3n) is 4.47. The first kappa shape index (κ1) is 21.0. The van der Waals surface area contributed by atoms with Crippen LogP contribution in [0.15, 0.2) is 60.7 Å². The Morgan fingerprint density at radius 3 is 1.90 bits per heavy atom. The molecule has 8 heteroatoms. The molecule has 0 aliphatic rings. The minimum Gasteiger partial charge on any atom is -0.329 e. The number of sulfonamides is 1. The molecule has 0 unspecified atom stereocenters. The maximum Gasteiger partial charge on any atom is 0.266 e. The Hall–Kier alpha value is -2.71. The van der Waals surface area contributed by atoms with E-state index in [4.69, 9.17) is 0 Å². The zero-order chi connectivity index (χ0) is 21.0. The number of aromatic nitrogens is 1. The van der Waals surface area contributed by atoms with E-state index in [1.54, 1.807) is 11.8 Å². The fourth-order valence-corrected chi connectivity index (χ4v) is 4.55. The molecule has 0 aliphatic carbocycles. The second kappa shape index (κ2) is 8.75. The lowest BCUT2D eigenvalue weighted by molar-refractivity contribution is 0.0734. The molecule has 0 atom stereocenters. The molecule has 152 valence electrons. The molecule has 0 aliphatic heterocycles. The average Bonchev–Trinajstić information content (AvgIpc) is 3.08. The van der Waals surface area contributed by atoms with Gasteiger partial charge in [0.25, 0.3) is 5.91 Å². The molecule has 3 aromatic rings. The van der Waals surface area contributed by atoms with E-state index < -0.39 is 10.0 Å². The van der Waals surface area contributed by atoms with Crippen LogP contribution in [0.5, 0.6) is 0 Å². The molecule has 0 fully saturated rings. The van der Waals surface area contributed by atoms with Crippen molar-refractivity contribution in [3.63, 3.8) is 0 Å². The summed E-state index contributed by atoms with van der Waals surface area (Å²) in [5.41, 5.74) is 2.57. The number of amides is 1. The summed E-state index contributed by atoms with van der Waals surface area (Å²) in [6.07, 6.45) is 1.11. The smallest absolute Gasteiger partial charge is 0.266 e. The Bertz CT molecular complexity index is 1040. The van der Waals surface area contributed by atoms with Crippen molar-refractivity contribution in [3.05, 3.63) is 82.4 Å². The van der Waals surface area contributed by atoms with Crippen molar-refractivity contribution in [1.82, 2.24) is 9.88 Å². The zero-order valence-corrected chi connectivity index (χ0v) is 18.2. The number of carbonyl (C=O) groups is 1. The minimum atomic E-state index is -3.45. The normalized spacial score (nSPS) is 11.3. The molecule has 2 aromatic carbocycles. The molecule has 0 radical (unpaired) electrons. The number of benzene rings is 2. The highest BCUT2D eigenvalue weighted by atomic mass is 32.2. The van der Waals surface area contributed by atoms with Crippen LogP contribution in [0.3, 0.4) is 0 Å². The summed E-state index contributed by atoms with van der Waals surface area (Å²) in [5.74, 6) is -0.166. The van der Waals surface area contributed by atoms with Gasteiger partial charge in [-0.25, -0.2) is 17.7 Å². The lowest BCUT2D eigenvalue weighted by Crippen LogP contribution is -2.30. The largest absolute Gasteiger partial charge is 0.329 e. The number of thiazole rings is 1. The Morgan fingerprint density at radius 2 is 1.45 bits per heavy atom. The number of hydrogen-bond donors (Lipinski definition) is 0. The Morgan fingerprint density at radius 1 is 0.966 bits per heavy atom. The van der Waals surface area contributed by atoms with Gasteiger partial charge in [0.05, 0.1) is 11.9 Å². The summed E-state index contributed by atoms with van der Waals surface area (Å²) in [4.78, 5) is 19.9. The van der Waals surface area contributed by atoms with E-state index >= 15 is 0 Å². The summed E-state index contributed by atoms with van der Waals surface area (Å²) >= 11 is 1.10. The summed E-state index contributed by atoms with van der Waals surface area (Å²) in [6.45, 7) is 2.62. The first-order chi connectivity index (χ1) is 13.8. The van der Waals surface area contributed by atoms with E-state index in [0.717, 1.165) is 33.0 Å². The summed E-state index contributed by atoms with van der Waals surface area (Å²) in [5, 5.41) is 0.285. The SMILES string of the molecule is Cc1nc(N(C)S(C)(=O)=O)sc1C(=O)N(Cc1ccccc1)Cc1ccccc1.